The van der Waals surface area contributed by atoms with Crippen LogP contribution in [0.1, 0.15) is 48.9 Å². The third kappa shape index (κ3) is 3.86. The second kappa shape index (κ2) is 7.82. The summed E-state index contributed by atoms with van der Waals surface area (Å²) in [5.41, 5.74) is 0.697. The van der Waals surface area contributed by atoms with Crippen LogP contribution in [0.15, 0.2) is 24.3 Å². The van der Waals surface area contributed by atoms with Crippen LogP contribution in [0.3, 0.4) is 0 Å². The highest BCUT2D eigenvalue weighted by Crippen LogP contribution is 2.26. The molecule has 1 unspecified atom stereocenters. The number of amides is 1. The average Bonchev–Trinajstić information content (AvgIpc) is 3.13. The van der Waals surface area contributed by atoms with Crippen molar-refractivity contribution < 1.29 is 9.53 Å². The molecule has 23 heavy (non-hydrogen) atoms. The summed E-state index contributed by atoms with van der Waals surface area (Å²) >= 11 is 0. The molecule has 1 aromatic rings. The lowest BCUT2D eigenvalue weighted by molar-refractivity contribution is 0.0584. The molecule has 126 valence electrons. The molecule has 0 saturated carbocycles. The van der Waals surface area contributed by atoms with Crippen LogP contribution in [0.25, 0.3) is 0 Å². The van der Waals surface area contributed by atoms with Crippen molar-refractivity contribution in [2.75, 3.05) is 33.3 Å². The SMILES string of the molecule is COc1ccccc1C(=O)N1CCCCC1CCN1CCCC1. The molecular weight excluding hydrogens is 288 g/mol. The van der Waals surface area contributed by atoms with Gasteiger partial charge < -0.3 is 14.5 Å². The Balaban J connectivity index is 1.68. The minimum absolute atomic E-state index is 0.133. The molecule has 4 nitrogen and oxygen atoms in total. The van der Waals surface area contributed by atoms with E-state index in [0.717, 1.165) is 32.4 Å². The summed E-state index contributed by atoms with van der Waals surface area (Å²) in [5.74, 6) is 0.815. The number of para-hydroxylation sites is 1. The summed E-state index contributed by atoms with van der Waals surface area (Å²) in [7, 11) is 1.63. The van der Waals surface area contributed by atoms with Crippen molar-refractivity contribution in [2.24, 2.45) is 0 Å². The molecule has 1 amide bonds. The standard InChI is InChI=1S/C19H28N2O2/c1-23-18-10-3-2-9-17(18)19(22)21-14-5-4-8-16(21)11-15-20-12-6-7-13-20/h2-3,9-10,16H,4-8,11-15H2,1H3. The zero-order valence-corrected chi connectivity index (χ0v) is 14.2. The van der Waals surface area contributed by atoms with Crippen molar-refractivity contribution in [1.29, 1.82) is 0 Å². The highest BCUT2D eigenvalue weighted by molar-refractivity contribution is 5.97. The molecule has 2 aliphatic heterocycles. The van der Waals surface area contributed by atoms with Gasteiger partial charge >= 0.3 is 0 Å². The Morgan fingerprint density at radius 2 is 1.87 bits per heavy atom. The van der Waals surface area contributed by atoms with Crippen molar-refractivity contribution >= 4 is 5.91 Å². The van der Waals surface area contributed by atoms with Crippen LogP contribution >= 0.6 is 0 Å². The second-order valence-electron chi connectivity index (χ2n) is 6.69. The molecular formula is C19H28N2O2. The van der Waals surface area contributed by atoms with Gasteiger partial charge in [-0.25, -0.2) is 0 Å². The highest BCUT2D eigenvalue weighted by Gasteiger charge is 2.29. The number of methoxy groups -OCH3 is 1. The number of nitrogens with zero attached hydrogens (tertiary/aromatic N) is 2. The molecule has 0 N–H and O–H groups in total. The maximum Gasteiger partial charge on any atom is 0.257 e. The molecule has 0 spiro atoms. The number of hydrogen-bond acceptors (Lipinski definition) is 3. The molecule has 2 heterocycles. The Morgan fingerprint density at radius 3 is 2.65 bits per heavy atom. The van der Waals surface area contributed by atoms with E-state index in [1.165, 1.54) is 32.4 Å². The van der Waals surface area contributed by atoms with Crippen molar-refractivity contribution in [2.45, 2.75) is 44.6 Å². The van der Waals surface area contributed by atoms with Crippen LogP contribution in [0.2, 0.25) is 0 Å². The van der Waals surface area contributed by atoms with E-state index in [1.54, 1.807) is 7.11 Å². The van der Waals surface area contributed by atoms with Gasteiger partial charge in [0.2, 0.25) is 0 Å². The van der Waals surface area contributed by atoms with E-state index in [1.807, 2.05) is 24.3 Å². The number of benzene rings is 1. The number of hydrogen-bond donors (Lipinski definition) is 0. The van der Waals surface area contributed by atoms with Gasteiger partial charge in [-0.2, -0.15) is 0 Å². The van der Waals surface area contributed by atoms with Gasteiger partial charge in [-0.15, -0.1) is 0 Å². The third-order valence-electron chi connectivity index (χ3n) is 5.20. The van der Waals surface area contributed by atoms with Crippen molar-refractivity contribution in [3.05, 3.63) is 29.8 Å². The molecule has 1 atom stereocenters. The Bertz CT molecular complexity index is 526. The molecule has 2 fully saturated rings. The first-order valence-corrected chi connectivity index (χ1v) is 8.96. The zero-order valence-electron chi connectivity index (χ0n) is 14.2. The Labute approximate surface area is 139 Å². The largest absolute Gasteiger partial charge is 0.496 e. The van der Waals surface area contributed by atoms with E-state index in [-0.39, 0.29) is 5.91 Å². The van der Waals surface area contributed by atoms with Crippen molar-refractivity contribution in [1.82, 2.24) is 9.80 Å². The van der Waals surface area contributed by atoms with E-state index in [4.69, 9.17) is 4.74 Å². The smallest absolute Gasteiger partial charge is 0.257 e. The molecule has 0 aliphatic carbocycles. The van der Waals surface area contributed by atoms with Crippen molar-refractivity contribution in [3.8, 4) is 5.75 Å². The lowest BCUT2D eigenvalue weighted by Crippen LogP contribution is -2.45. The number of rotatable bonds is 5. The molecule has 3 rings (SSSR count). The lowest BCUT2D eigenvalue weighted by atomic mass is 9.97. The maximum absolute atomic E-state index is 13.0. The number of likely N-dealkylation sites (tertiary alicyclic amines) is 2. The zero-order chi connectivity index (χ0) is 16.1. The quantitative estimate of drug-likeness (QED) is 0.836. The molecule has 0 bridgehead atoms. The van der Waals surface area contributed by atoms with Crippen LogP contribution in [0, 0.1) is 0 Å². The van der Waals surface area contributed by atoms with Crippen LogP contribution < -0.4 is 4.74 Å². The second-order valence-corrected chi connectivity index (χ2v) is 6.69. The van der Waals surface area contributed by atoms with E-state index in [9.17, 15) is 4.79 Å². The van der Waals surface area contributed by atoms with Gasteiger partial charge in [0, 0.05) is 19.1 Å². The topological polar surface area (TPSA) is 32.8 Å². The number of ether oxygens (including phenoxy) is 1. The highest BCUT2D eigenvalue weighted by atomic mass is 16.5. The summed E-state index contributed by atoms with van der Waals surface area (Å²) in [6, 6.07) is 7.96. The van der Waals surface area contributed by atoms with Crippen LogP contribution in [0.5, 0.6) is 5.75 Å². The third-order valence-corrected chi connectivity index (χ3v) is 5.20. The van der Waals surface area contributed by atoms with Gasteiger partial charge in [-0.3, -0.25) is 4.79 Å². The van der Waals surface area contributed by atoms with Crippen LogP contribution in [-0.4, -0.2) is 55.0 Å². The fourth-order valence-electron chi connectivity index (χ4n) is 3.88. The first-order chi connectivity index (χ1) is 11.3. The Morgan fingerprint density at radius 1 is 1.13 bits per heavy atom. The number of carbonyl (C=O) groups excluding carboxylic acids is 1. The maximum atomic E-state index is 13.0. The van der Waals surface area contributed by atoms with Gasteiger partial charge in [0.15, 0.2) is 0 Å². The molecule has 2 saturated heterocycles. The fraction of sp³-hybridized carbons (Fsp3) is 0.632. The summed E-state index contributed by atoms with van der Waals surface area (Å²) in [6.45, 7) is 4.46. The summed E-state index contributed by atoms with van der Waals surface area (Å²) < 4.78 is 5.38. The predicted molar refractivity (Wildman–Crippen MR) is 92.0 cm³/mol. The van der Waals surface area contributed by atoms with Gasteiger partial charge in [-0.05, 0) is 63.7 Å². The van der Waals surface area contributed by atoms with Gasteiger partial charge in [0.25, 0.3) is 5.91 Å². The van der Waals surface area contributed by atoms with Gasteiger partial charge in [-0.1, -0.05) is 12.1 Å². The van der Waals surface area contributed by atoms with Crippen LogP contribution in [-0.2, 0) is 0 Å². The molecule has 1 aromatic carbocycles. The van der Waals surface area contributed by atoms with E-state index < -0.39 is 0 Å². The summed E-state index contributed by atoms with van der Waals surface area (Å²) in [4.78, 5) is 17.7. The van der Waals surface area contributed by atoms with E-state index >= 15 is 0 Å². The summed E-state index contributed by atoms with van der Waals surface area (Å²) in [6.07, 6.45) is 7.24. The molecule has 2 aliphatic rings. The average molecular weight is 316 g/mol. The van der Waals surface area contributed by atoms with E-state index in [2.05, 4.69) is 9.80 Å². The molecule has 4 heteroatoms. The minimum Gasteiger partial charge on any atom is -0.496 e. The summed E-state index contributed by atoms with van der Waals surface area (Å²) in [5, 5.41) is 0. The Hall–Kier alpha value is -1.55. The fourth-order valence-corrected chi connectivity index (χ4v) is 3.88. The monoisotopic (exact) mass is 316 g/mol. The minimum atomic E-state index is 0.133. The predicted octanol–water partition coefficient (Wildman–Crippen LogP) is 3.18. The van der Waals surface area contributed by atoms with Crippen molar-refractivity contribution in [3.63, 3.8) is 0 Å². The first-order valence-electron chi connectivity index (χ1n) is 8.96. The lowest BCUT2D eigenvalue weighted by Gasteiger charge is -2.37. The van der Waals surface area contributed by atoms with Gasteiger partial charge in [0.1, 0.15) is 5.75 Å². The number of piperidine rings is 1. The van der Waals surface area contributed by atoms with Crippen LogP contribution in [0.4, 0.5) is 0 Å². The first kappa shape index (κ1) is 16.3. The molecule has 0 radical (unpaired) electrons. The number of carbonyl (C=O) groups is 1. The Kier molecular flexibility index (Phi) is 5.55. The van der Waals surface area contributed by atoms with E-state index in [0.29, 0.717) is 17.4 Å². The molecule has 0 aromatic heterocycles. The van der Waals surface area contributed by atoms with Gasteiger partial charge in [0.05, 0.1) is 12.7 Å². The normalized spacial score (nSPS) is 22.3.